The van der Waals surface area contributed by atoms with Gasteiger partial charge in [0.15, 0.2) is 0 Å². The molecule has 1 atom stereocenters. The summed E-state index contributed by atoms with van der Waals surface area (Å²) < 4.78 is 13.6. The minimum Gasteiger partial charge on any atom is -0.465 e. The molecular formula is C14H19FN2O2. The summed E-state index contributed by atoms with van der Waals surface area (Å²) in [5.41, 5.74) is 6.91. The van der Waals surface area contributed by atoms with Crippen molar-refractivity contribution < 1.29 is 14.3 Å². The maximum atomic E-state index is 13.6. The molecule has 5 heteroatoms. The summed E-state index contributed by atoms with van der Waals surface area (Å²) in [4.78, 5) is 11.8. The molecule has 0 saturated heterocycles. The highest BCUT2D eigenvalue weighted by Gasteiger charge is 2.22. The molecule has 0 radical (unpaired) electrons. The third-order valence-corrected chi connectivity index (χ3v) is 3.63. The van der Waals surface area contributed by atoms with E-state index >= 15 is 0 Å². The Balaban J connectivity index is 2.11. The van der Waals surface area contributed by atoms with Crippen LogP contribution in [0.1, 0.15) is 37.3 Å². The number of hydrogen-bond acceptors (Lipinski definition) is 2. The smallest absolute Gasteiger partial charge is 0.411 e. The van der Waals surface area contributed by atoms with E-state index in [0.717, 1.165) is 29.2 Å². The molecule has 0 bridgehead atoms. The minimum absolute atomic E-state index is 0.0480. The Labute approximate surface area is 112 Å². The van der Waals surface area contributed by atoms with E-state index in [-0.39, 0.29) is 11.7 Å². The molecule has 2 rings (SSSR count). The van der Waals surface area contributed by atoms with Gasteiger partial charge in [-0.05, 0) is 36.5 Å². The zero-order chi connectivity index (χ0) is 14.0. The van der Waals surface area contributed by atoms with E-state index in [1.807, 2.05) is 0 Å². The van der Waals surface area contributed by atoms with Crippen LogP contribution in [0.4, 0.5) is 14.9 Å². The molecule has 1 aromatic rings. The third-order valence-electron chi connectivity index (χ3n) is 3.63. The lowest BCUT2D eigenvalue weighted by Crippen LogP contribution is -2.25. The zero-order valence-electron chi connectivity index (χ0n) is 11.0. The van der Waals surface area contributed by atoms with Crippen LogP contribution in [0.5, 0.6) is 0 Å². The summed E-state index contributed by atoms with van der Waals surface area (Å²) in [7, 11) is 1.32. The maximum absolute atomic E-state index is 13.6. The summed E-state index contributed by atoms with van der Waals surface area (Å²) in [5.74, 6) is 0.246. The summed E-state index contributed by atoms with van der Waals surface area (Å²) >= 11 is 0. The molecule has 0 spiro atoms. The monoisotopic (exact) mass is 266 g/mol. The molecule has 1 unspecified atom stereocenters. The second kappa shape index (κ2) is 5.57. The first-order chi connectivity index (χ1) is 8.99. The van der Waals surface area contributed by atoms with Crippen LogP contribution < -0.4 is 10.6 Å². The molecule has 1 aliphatic carbocycles. The molecule has 1 aromatic carbocycles. The second-order valence-electron chi connectivity index (χ2n) is 5.18. The molecule has 0 aromatic heterocycles. The molecule has 0 heterocycles. The predicted octanol–water partition coefficient (Wildman–Crippen LogP) is 3.13. The lowest BCUT2D eigenvalue weighted by Gasteiger charge is -2.18. The highest BCUT2D eigenvalue weighted by atomic mass is 19.1. The number of nitrogens with two attached hydrogens (primary N) is 1. The van der Waals surface area contributed by atoms with E-state index in [4.69, 9.17) is 10.8 Å². The number of carbonyl (C=O) groups is 1. The van der Waals surface area contributed by atoms with Crippen molar-refractivity contribution in [2.45, 2.75) is 31.7 Å². The Morgan fingerprint density at radius 1 is 1.58 bits per heavy atom. The number of hydrogen-bond donors (Lipinski definition) is 2. The van der Waals surface area contributed by atoms with Gasteiger partial charge in [-0.1, -0.05) is 18.9 Å². The van der Waals surface area contributed by atoms with E-state index in [0.29, 0.717) is 0 Å². The van der Waals surface area contributed by atoms with Gasteiger partial charge in [-0.15, -0.1) is 0 Å². The van der Waals surface area contributed by atoms with Crippen LogP contribution >= 0.6 is 0 Å². The van der Waals surface area contributed by atoms with Crippen LogP contribution in [0.2, 0.25) is 0 Å². The Kier molecular flexibility index (Phi) is 4.04. The molecule has 3 N–H and O–H groups in total. The average molecular weight is 266 g/mol. The quantitative estimate of drug-likeness (QED) is 0.860. The fraction of sp³-hybridized carbons (Fsp3) is 0.500. The number of anilines is 1. The summed E-state index contributed by atoms with van der Waals surface area (Å²) in [6.45, 7) is 0. The topological polar surface area (TPSA) is 66.6 Å². The van der Waals surface area contributed by atoms with Gasteiger partial charge in [0.1, 0.15) is 5.82 Å². The van der Waals surface area contributed by atoms with Gasteiger partial charge < -0.3 is 10.8 Å². The number of nitrogens with zero attached hydrogens (tertiary/aromatic N) is 1. The van der Waals surface area contributed by atoms with Gasteiger partial charge >= 0.3 is 6.09 Å². The van der Waals surface area contributed by atoms with E-state index in [1.54, 1.807) is 6.07 Å². The Morgan fingerprint density at radius 3 is 2.84 bits per heavy atom. The first kappa shape index (κ1) is 13.8. The zero-order valence-corrected chi connectivity index (χ0v) is 11.0. The highest BCUT2D eigenvalue weighted by Crippen LogP contribution is 2.35. The van der Waals surface area contributed by atoms with Crippen molar-refractivity contribution in [1.82, 2.24) is 0 Å². The maximum Gasteiger partial charge on any atom is 0.411 e. The Morgan fingerprint density at radius 2 is 2.26 bits per heavy atom. The lowest BCUT2D eigenvalue weighted by molar-refractivity contribution is 0.203. The van der Waals surface area contributed by atoms with E-state index in [2.05, 4.69) is 0 Å². The predicted molar refractivity (Wildman–Crippen MR) is 71.7 cm³/mol. The number of benzene rings is 1. The summed E-state index contributed by atoms with van der Waals surface area (Å²) in [6.07, 6.45) is 3.31. The molecule has 4 nitrogen and oxygen atoms in total. The first-order valence-corrected chi connectivity index (χ1v) is 6.50. The van der Waals surface area contributed by atoms with Crippen LogP contribution in [-0.4, -0.2) is 18.2 Å². The summed E-state index contributed by atoms with van der Waals surface area (Å²) in [5, 5.41) is 8.90. The molecule has 19 heavy (non-hydrogen) atoms. The van der Waals surface area contributed by atoms with Gasteiger partial charge in [0.2, 0.25) is 0 Å². The summed E-state index contributed by atoms with van der Waals surface area (Å²) in [6, 6.07) is 4.27. The second-order valence-corrected chi connectivity index (χ2v) is 5.18. The van der Waals surface area contributed by atoms with Crippen molar-refractivity contribution in [2.24, 2.45) is 11.7 Å². The average Bonchev–Trinajstić information content (AvgIpc) is 3.19. The molecular weight excluding hydrogens is 247 g/mol. The van der Waals surface area contributed by atoms with Crippen molar-refractivity contribution in [2.75, 3.05) is 11.9 Å². The SMILES string of the molecule is CN(C(=O)O)c1cc(C(N)CCC2CC2)ccc1F. The number of halogens is 1. The normalized spacial score (nSPS) is 16.2. The molecule has 1 saturated carbocycles. The van der Waals surface area contributed by atoms with Gasteiger partial charge in [0.05, 0.1) is 5.69 Å². The Hall–Kier alpha value is -1.62. The molecule has 1 aliphatic rings. The van der Waals surface area contributed by atoms with Crippen LogP contribution in [0, 0.1) is 11.7 Å². The standard InChI is InChI=1S/C14H19FN2O2/c1-17(14(18)19)13-8-10(5-6-11(13)15)12(16)7-4-9-2-3-9/h5-6,8-9,12H,2-4,7,16H2,1H3,(H,18,19). The molecule has 104 valence electrons. The van der Waals surface area contributed by atoms with Crippen LogP contribution in [-0.2, 0) is 0 Å². The van der Waals surface area contributed by atoms with Gasteiger partial charge in [-0.3, -0.25) is 4.90 Å². The van der Waals surface area contributed by atoms with Crippen molar-refractivity contribution >= 4 is 11.8 Å². The van der Waals surface area contributed by atoms with Gasteiger partial charge in [0, 0.05) is 13.1 Å². The fourth-order valence-electron chi connectivity index (χ4n) is 2.11. The van der Waals surface area contributed by atoms with Crippen molar-refractivity contribution in [1.29, 1.82) is 0 Å². The van der Waals surface area contributed by atoms with Crippen molar-refractivity contribution in [3.05, 3.63) is 29.6 Å². The number of carboxylic acid groups (broad SMARTS) is 1. The van der Waals surface area contributed by atoms with Crippen molar-refractivity contribution in [3.8, 4) is 0 Å². The number of rotatable bonds is 5. The number of amides is 1. The Bertz CT molecular complexity index is 475. The lowest BCUT2D eigenvalue weighted by atomic mass is 10.0. The van der Waals surface area contributed by atoms with E-state index < -0.39 is 11.9 Å². The van der Waals surface area contributed by atoms with Gasteiger partial charge in [-0.25, -0.2) is 9.18 Å². The van der Waals surface area contributed by atoms with Gasteiger partial charge in [0.25, 0.3) is 0 Å². The molecule has 0 aliphatic heterocycles. The fourth-order valence-corrected chi connectivity index (χ4v) is 2.11. The van der Waals surface area contributed by atoms with E-state index in [1.165, 1.54) is 32.0 Å². The minimum atomic E-state index is -1.19. The van der Waals surface area contributed by atoms with Crippen LogP contribution in [0.15, 0.2) is 18.2 Å². The third kappa shape index (κ3) is 3.44. The molecule has 1 amide bonds. The largest absolute Gasteiger partial charge is 0.465 e. The van der Waals surface area contributed by atoms with Crippen LogP contribution in [0.3, 0.4) is 0 Å². The van der Waals surface area contributed by atoms with Crippen molar-refractivity contribution in [3.63, 3.8) is 0 Å². The first-order valence-electron chi connectivity index (χ1n) is 6.50. The molecule has 1 fully saturated rings. The van der Waals surface area contributed by atoms with Gasteiger partial charge in [-0.2, -0.15) is 0 Å². The highest BCUT2D eigenvalue weighted by molar-refractivity contribution is 5.85. The van der Waals surface area contributed by atoms with Crippen LogP contribution in [0.25, 0.3) is 0 Å². The van der Waals surface area contributed by atoms with E-state index in [9.17, 15) is 9.18 Å².